The van der Waals surface area contributed by atoms with Crippen molar-refractivity contribution in [1.29, 1.82) is 0 Å². The van der Waals surface area contributed by atoms with Gasteiger partial charge in [0.15, 0.2) is 11.6 Å². The summed E-state index contributed by atoms with van der Waals surface area (Å²) >= 11 is 0. The summed E-state index contributed by atoms with van der Waals surface area (Å²) in [6, 6.07) is 12.5. The molecule has 2 aromatic rings. The number of aryl methyl sites for hydroxylation is 2. The second-order valence-corrected chi connectivity index (χ2v) is 11.4. The molecule has 0 atom stereocenters. The van der Waals surface area contributed by atoms with Gasteiger partial charge < -0.3 is 4.74 Å². The smallest absolute Gasteiger partial charge is 0.200 e. The number of hydrogen-bond donors (Lipinski definition) is 0. The van der Waals surface area contributed by atoms with Gasteiger partial charge in [-0.25, -0.2) is 4.39 Å². The molecule has 0 bridgehead atoms. The molecule has 0 aliphatic heterocycles. The Kier molecular flexibility index (Phi) is 10.6. The zero-order valence-corrected chi connectivity index (χ0v) is 23.0. The summed E-state index contributed by atoms with van der Waals surface area (Å²) in [5.41, 5.74) is 3.43. The molecule has 2 saturated carbocycles. The lowest BCUT2D eigenvalue weighted by Gasteiger charge is -2.37. The molecule has 0 N–H and O–H groups in total. The van der Waals surface area contributed by atoms with E-state index in [0.717, 1.165) is 62.7 Å². The molecule has 0 unspecified atom stereocenters. The average molecular weight is 509 g/mol. The fraction of sp³-hybridized carbons (Fsp3) is 0.588. The number of benzene rings is 2. The normalized spacial score (nSPS) is 24.4. The summed E-state index contributed by atoms with van der Waals surface area (Å²) in [7, 11) is 0. The van der Waals surface area contributed by atoms with Crippen molar-refractivity contribution >= 4 is 0 Å². The molecule has 0 amide bonds. The third-order valence-corrected chi connectivity index (χ3v) is 8.80. The SMILES string of the molecule is CCCOc1ccc(C2CCC(C3CCC(/C=C/CCc4ccc(CCC)cc4)CC3)CC2)c(F)c1F. The quantitative estimate of drug-likeness (QED) is 0.274. The van der Waals surface area contributed by atoms with E-state index >= 15 is 0 Å². The summed E-state index contributed by atoms with van der Waals surface area (Å²) < 4.78 is 34.6. The lowest BCUT2D eigenvalue weighted by Crippen LogP contribution is -2.25. The van der Waals surface area contributed by atoms with E-state index in [1.165, 1.54) is 49.7 Å². The Morgan fingerprint density at radius 3 is 1.97 bits per heavy atom. The Bertz CT molecular complexity index is 980. The van der Waals surface area contributed by atoms with Gasteiger partial charge in [-0.1, -0.05) is 62.8 Å². The van der Waals surface area contributed by atoms with Crippen LogP contribution in [-0.2, 0) is 12.8 Å². The van der Waals surface area contributed by atoms with Crippen molar-refractivity contribution < 1.29 is 13.5 Å². The zero-order valence-electron chi connectivity index (χ0n) is 23.0. The first-order valence-corrected chi connectivity index (χ1v) is 14.9. The minimum atomic E-state index is -0.815. The standard InChI is InChI=1S/C34H46F2O/c1-3-7-25-10-12-26(13-11-25)8-5-6-9-27-14-16-28(17-15-27)29-18-20-30(21-19-29)31-22-23-32(37-24-4-2)34(36)33(31)35/h6,9-13,22-23,27-30H,3-5,7-8,14-21,24H2,1-2H3/b9-6+. The molecule has 0 radical (unpaired) electrons. The first kappa shape index (κ1) is 27.9. The van der Waals surface area contributed by atoms with Crippen LogP contribution in [0, 0.1) is 29.4 Å². The first-order valence-electron chi connectivity index (χ1n) is 14.9. The lowest BCUT2D eigenvalue weighted by molar-refractivity contribution is 0.170. The highest BCUT2D eigenvalue weighted by Gasteiger charge is 2.32. The van der Waals surface area contributed by atoms with Crippen LogP contribution in [0.5, 0.6) is 5.75 Å². The van der Waals surface area contributed by atoms with Crippen molar-refractivity contribution in [2.24, 2.45) is 17.8 Å². The van der Waals surface area contributed by atoms with Crippen LogP contribution in [0.25, 0.3) is 0 Å². The summed E-state index contributed by atoms with van der Waals surface area (Å²) in [5.74, 6) is 0.944. The number of allylic oxidation sites excluding steroid dienone is 2. The van der Waals surface area contributed by atoms with Crippen molar-refractivity contribution in [1.82, 2.24) is 0 Å². The van der Waals surface area contributed by atoms with Gasteiger partial charge in [0.1, 0.15) is 0 Å². The first-order chi connectivity index (χ1) is 18.1. The molecule has 37 heavy (non-hydrogen) atoms. The Balaban J connectivity index is 1.17. The van der Waals surface area contributed by atoms with E-state index in [1.807, 2.05) is 6.92 Å². The molecular weight excluding hydrogens is 462 g/mol. The minimum absolute atomic E-state index is 0.0451. The van der Waals surface area contributed by atoms with E-state index in [-0.39, 0.29) is 11.7 Å². The molecule has 0 saturated heterocycles. The highest BCUT2D eigenvalue weighted by Crippen LogP contribution is 2.45. The molecule has 3 heteroatoms. The maximum Gasteiger partial charge on any atom is 0.200 e. The maximum absolute atomic E-state index is 14.8. The Morgan fingerprint density at radius 2 is 1.35 bits per heavy atom. The molecule has 2 aromatic carbocycles. The van der Waals surface area contributed by atoms with Crippen molar-refractivity contribution in [3.63, 3.8) is 0 Å². The number of halogens is 2. The van der Waals surface area contributed by atoms with Crippen LogP contribution in [0.4, 0.5) is 8.78 Å². The third kappa shape index (κ3) is 7.68. The molecule has 2 aliphatic carbocycles. The van der Waals surface area contributed by atoms with Gasteiger partial charge in [-0.2, -0.15) is 4.39 Å². The summed E-state index contributed by atoms with van der Waals surface area (Å²) in [5, 5.41) is 0. The van der Waals surface area contributed by atoms with Gasteiger partial charge >= 0.3 is 0 Å². The monoisotopic (exact) mass is 508 g/mol. The van der Waals surface area contributed by atoms with Crippen molar-refractivity contribution in [2.75, 3.05) is 6.61 Å². The number of ether oxygens (including phenoxy) is 1. The predicted octanol–water partition coefficient (Wildman–Crippen LogP) is 9.98. The maximum atomic E-state index is 14.8. The van der Waals surface area contributed by atoms with Crippen LogP contribution in [-0.4, -0.2) is 6.61 Å². The minimum Gasteiger partial charge on any atom is -0.490 e. The highest BCUT2D eigenvalue weighted by molar-refractivity contribution is 5.33. The van der Waals surface area contributed by atoms with Crippen LogP contribution < -0.4 is 4.74 Å². The molecule has 2 fully saturated rings. The fourth-order valence-electron chi connectivity index (χ4n) is 6.60. The highest BCUT2D eigenvalue weighted by atomic mass is 19.2. The predicted molar refractivity (Wildman–Crippen MR) is 150 cm³/mol. The van der Waals surface area contributed by atoms with Crippen molar-refractivity contribution in [2.45, 2.75) is 103 Å². The van der Waals surface area contributed by atoms with Gasteiger partial charge in [0.25, 0.3) is 0 Å². The van der Waals surface area contributed by atoms with E-state index < -0.39 is 11.6 Å². The van der Waals surface area contributed by atoms with E-state index in [2.05, 4.69) is 43.3 Å². The van der Waals surface area contributed by atoms with Crippen LogP contribution in [0.3, 0.4) is 0 Å². The summed E-state index contributed by atoms with van der Waals surface area (Å²) in [6.07, 6.45) is 19.7. The number of hydrogen-bond acceptors (Lipinski definition) is 1. The van der Waals surface area contributed by atoms with E-state index in [0.29, 0.717) is 12.2 Å². The van der Waals surface area contributed by atoms with Crippen molar-refractivity contribution in [3.05, 3.63) is 76.9 Å². The van der Waals surface area contributed by atoms with Gasteiger partial charge in [0, 0.05) is 0 Å². The van der Waals surface area contributed by atoms with Gasteiger partial charge in [-0.3, -0.25) is 0 Å². The second kappa shape index (κ2) is 14.1. The van der Waals surface area contributed by atoms with E-state index in [9.17, 15) is 8.78 Å². The summed E-state index contributed by atoms with van der Waals surface area (Å²) in [6.45, 7) is 4.60. The average Bonchev–Trinajstić information content (AvgIpc) is 2.93. The van der Waals surface area contributed by atoms with Crippen LogP contribution >= 0.6 is 0 Å². The van der Waals surface area contributed by atoms with Crippen LogP contribution in [0.15, 0.2) is 48.6 Å². The molecule has 1 nitrogen and oxygen atoms in total. The second-order valence-electron chi connectivity index (χ2n) is 11.4. The van der Waals surface area contributed by atoms with Gasteiger partial charge in [-0.05, 0) is 123 Å². The third-order valence-electron chi connectivity index (χ3n) is 8.80. The molecule has 4 rings (SSSR count). The molecule has 0 spiro atoms. The van der Waals surface area contributed by atoms with Gasteiger partial charge in [-0.15, -0.1) is 0 Å². The molecule has 0 aromatic heterocycles. The molecule has 0 heterocycles. The Hall–Kier alpha value is -2.16. The molecular formula is C34H46F2O. The topological polar surface area (TPSA) is 9.23 Å². The van der Waals surface area contributed by atoms with Gasteiger partial charge in [0.2, 0.25) is 5.82 Å². The zero-order chi connectivity index (χ0) is 26.0. The van der Waals surface area contributed by atoms with E-state index in [4.69, 9.17) is 4.74 Å². The van der Waals surface area contributed by atoms with Gasteiger partial charge in [0.05, 0.1) is 6.61 Å². The Morgan fingerprint density at radius 1 is 0.730 bits per heavy atom. The lowest BCUT2D eigenvalue weighted by atomic mass is 9.68. The fourth-order valence-corrected chi connectivity index (χ4v) is 6.60. The molecule has 202 valence electrons. The summed E-state index contributed by atoms with van der Waals surface area (Å²) in [4.78, 5) is 0. The van der Waals surface area contributed by atoms with E-state index in [1.54, 1.807) is 12.1 Å². The largest absolute Gasteiger partial charge is 0.490 e. The Labute approximate surface area is 223 Å². The van der Waals surface area contributed by atoms with Crippen LogP contribution in [0.1, 0.15) is 107 Å². The molecule has 2 aliphatic rings. The van der Waals surface area contributed by atoms with Crippen molar-refractivity contribution in [3.8, 4) is 5.75 Å². The number of rotatable bonds is 11. The van der Waals surface area contributed by atoms with Crippen LogP contribution in [0.2, 0.25) is 0 Å².